The summed E-state index contributed by atoms with van der Waals surface area (Å²) >= 11 is 5.39. The summed E-state index contributed by atoms with van der Waals surface area (Å²) in [5.41, 5.74) is 3.46. The third-order valence-corrected chi connectivity index (χ3v) is 5.36. The van der Waals surface area contributed by atoms with E-state index in [1.165, 1.54) is 6.07 Å². The Labute approximate surface area is 176 Å². The molecular weight excluding hydrogens is 386 g/mol. The van der Waals surface area contributed by atoms with Crippen molar-refractivity contribution >= 4 is 23.0 Å². The number of nitro benzene ring substituents is 1. The smallest absolute Gasteiger partial charge is 0.294 e. The topological polar surface area (TPSA) is 85.0 Å². The van der Waals surface area contributed by atoms with E-state index in [1.807, 2.05) is 13.8 Å². The lowest BCUT2D eigenvalue weighted by Crippen LogP contribution is -2.41. The van der Waals surface area contributed by atoms with E-state index in [1.54, 1.807) is 22.9 Å². The Balaban J connectivity index is 1.78. The molecule has 154 valence electrons. The van der Waals surface area contributed by atoms with E-state index < -0.39 is 0 Å². The quantitative estimate of drug-likeness (QED) is 0.323. The Morgan fingerprint density at radius 2 is 2.07 bits per heavy atom. The fraction of sp³-hybridized carbons (Fsp3) is 0.429. The molecular formula is C21H27N5O2S. The van der Waals surface area contributed by atoms with Gasteiger partial charge in [-0.25, -0.2) is 4.68 Å². The van der Waals surface area contributed by atoms with Gasteiger partial charge in [0, 0.05) is 35.8 Å². The predicted molar refractivity (Wildman–Crippen MR) is 119 cm³/mol. The molecule has 0 bridgehead atoms. The van der Waals surface area contributed by atoms with Crippen LogP contribution in [0, 0.1) is 29.9 Å². The van der Waals surface area contributed by atoms with Crippen molar-refractivity contribution in [3.63, 3.8) is 0 Å². The van der Waals surface area contributed by atoms with Crippen molar-refractivity contribution in [2.75, 3.05) is 6.54 Å². The van der Waals surface area contributed by atoms with Gasteiger partial charge in [0.15, 0.2) is 5.11 Å². The monoisotopic (exact) mass is 413 g/mol. The van der Waals surface area contributed by atoms with Gasteiger partial charge < -0.3 is 10.6 Å². The Morgan fingerprint density at radius 3 is 2.76 bits per heavy atom. The van der Waals surface area contributed by atoms with Crippen molar-refractivity contribution in [3.05, 3.63) is 63.5 Å². The molecule has 0 spiro atoms. The first kappa shape index (κ1) is 21.0. The number of hydrogen-bond donors (Lipinski definition) is 2. The fourth-order valence-corrected chi connectivity index (χ4v) is 3.99. The summed E-state index contributed by atoms with van der Waals surface area (Å²) in [6.45, 7) is 9.04. The number of hydrogen-bond acceptors (Lipinski definition) is 4. The minimum Gasteiger partial charge on any atom is -0.362 e. The maximum absolute atomic E-state index is 11.4. The summed E-state index contributed by atoms with van der Waals surface area (Å²) in [6, 6.07) is 6.85. The number of allylic oxidation sites excluding steroid dienone is 1. The lowest BCUT2D eigenvalue weighted by atomic mass is 9.96. The van der Waals surface area contributed by atoms with Crippen LogP contribution in [-0.2, 0) is 0 Å². The molecule has 1 aliphatic carbocycles. The number of nitrogens with zero attached hydrogens (tertiary/aromatic N) is 3. The summed E-state index contributed by atoms with van der Waals surface area (Å²) in [4.78, 5) is 11.1. The average Bonchev–Trinajstić information content (AvgIpc) is 3.23. The molecule has 1 aliphatic rings. The van der Waals surface area contributed by atoms with Crippen molar-refractivity contribution in [1.82, 2.24) is 20.4 Å². The van der Waals surface area contributed by atoms with Gasteiger partial charge in [0.1, 0.15) is 5.69 Å². The van der Waals surface area contributed by atoms with Gasteiger partial charge in [0.2, 0.25) is 0 Å². The largest absolute Gasteiger partial charge is 0.362 e. The number of para-hydroxylation sites is 2. The summed E-state index contributed by atoms with van der Waals surface area (Å²) < 4.78 is 1.69. The van der Waals surface area contributed by atoms with Crippen LogP contribution in [0.4, 0.5) is 5.69 Å². The molecule has 0 radical (unpaired) electrons. The van der Waals surface area contributed by atoms with Crippen molar-refractivity contribution in [3.8, 4) is 5.69 Å². The van der Waals surface area contributed by atoms with Gasteiger partial charge in [-0.2, -0.15) is 5.10 Å². The van der Waals surface area contributed by atoms with E-state index in [0.29, 0.717) is 16.7 Å². The molecule has 7 nitrogen and oxygen atoms in total. The van der Waals surface area contributed by atoms with E-state index in [2.05, 4.69) is 41.7 Å². The van der Waals surface area contributed by atoms with Crippen molar-refractivity contribution in [1.29, 1.82) is 0 Å². The first-order chi connectivity index (χ1) is 13.8. The molecule has 0 saturated heterocycles. The second kappa shape index (κ2) is 8.73. The molecule has 0 fully saturated rings. The first-order valence-electron chi connectivity index (χ1n) is 9.80. The third-order valence-electron chi connectivity index (χ3n) is 5.10. The first-order valence-corrected chi connectivity index (χ1v) is 10.2. The molecule has 1 aromatic carbocycles. The average molecular weight is 414 g/mol. The second-order valence-corrected chi connectivity index (χ2v) is 8.23. The number of nitro groups is 1. The van der Waals surface area contributed by atoms with Crippen LogP contribution in [0.5, 0.6) is 0 Å². The Kier molecular flexibility index (Phi) is 6.32. The van der Waals surface area contributed by atoms with Crippen LogP contribution in [0.2, 0.25) is 0 Å². The van der Waals surface area contributed by atoms with Crippen molar-refractivity contribution < 1.29 is 4.92 Å². The number of benzene rings is 1. The van der Waals surface area contributed by atoms with Gasteiger partial charge in [0.05, 0.1) is 10.6 Å². The SMILES string of the molecule is Cc1nn(-c2ccccc2[N+](=O)[O-])c(C)c1[C@@H]1C=C[C@@H](NC(=S)NCC(C)C)C1. The normalized spacial score (nSPS) is 18.2. The Hall–Kier alpha value is -2.74. The number of thiocarbonyl (C=S) groups is 1. The number of rotatable bonds is 6. The summed E-state index contributed by atoms with van der Waals surface area (Å²) in [5.74, 6) is 0.719. The molecule has 29 heavy (non-hydrogen) atoms. The van der Waals surface area contributed by atoms with E-state index >= 15 is 0 Å². The van der Waals surface area contributed by atoms with E-state index in [0.717, 1.165) is 29.9 Å². The molecule has 0 amide bonds. The lowest BCUT2D eigenvalue weighted by Gasteiger charge is -2.18. The Morgan fingerprint density at radius 1 is 1.34 bits per heavy atom. The summed E-state index contributed by atoms with van der Waals surface area (Å²) in [6.07, 6.45) is 5.17. The highest BCUT2D eigenvalue weighted by Gasteiger charge is 2.28. The van der Waals surface area contributed by atoms with Gasteiger partial charge in [-0.15, -0.1) is 0 Å². The summed E-state index contributed by atoms with van der Waals surface area (Å²) in [5, 5.41) is 23.3. The van der Waals surface area contributed by atoms with E-state index in [-0.39, 0.29) is 22.6 Å². The maximum atomic E-state index is 11.4. The van der Waals surface area contributed by atoms with Crippen LogP contribution in [0.3, 0.4) is 0 Å². The zero-order valence-corrected chi connectivity index (χ0v) is 18.0. The van der Waals surface area contributed by atoms with Gasteiger partial charge in [-0.05, 0) is 44.5 Å². The minimum absolute atomic E-state index is 0.0488. The standard InChI is InChI=1S/C21H27N5O2S/c1-13(2)12-22-21(29)23-17-10-9-16(11-17)20-14(3)24-25(15(20)4)18-7-5-6-8-19(18)26(27)28/h5-10,13,16-17H,11-12H2,1-4H3,(H2,22,23,29)/t16-,17-/m1/s1. The van der Waals surface area contributed by atoms with Crippen LogP contribution in [0.1, 0.15) is 43.1 Å². The van der Waals surface area contributed by atoms with Gasteiger partial charge in [0.25, 0.3) is 5.69 Å². The van der Waals surface area contributed by atoms with Crippen molar-refractivity contribution in [2.24, 2.45) is 5.92 Å². The molecule has 2 N–H and O–H groups in total. The number of aromatic nitrogens is 2. The van der Waals surface area contributed by atoms with Crippen LogP contribution < -0.4 is 10.6 Å². The predicted octanol–water partition coefficient (Wildman–Crippen LogP) is 3.93. The van der Waals surface area contributed by atoms with E-state index in [4.69, 9.17) is 12.2 Å². The van der Waals surface area contributed by atoms with Crippen LogP contribution in [-0.4, -0.2) is 32.4 Å². The number of nitrogens with one attached hydrogen (secondary N) is 2. The Bertz CT molecular complexity index is 951. The van der Waals surface area contributed by atoms with Gasteiger partial charge >= 0.3 is 0 Å². The van der Waals surface area contributed by atoms with Crippen molar-refractivity contribution in [2.45, 2.75) is 46.1 Å². The highest BCUT2D eigenvalue weighted by atomic mass is 32.1. The molecule has 1 heterocycles. The van der Waals surface area contributed by atoms with Crippen LogP contribution in [0.25, 0.3) is 5.69 Å². The highest BCUT2D eigenvalue weighted by molar-refractivity contribution is 7.80. The summed E-state index contributed by atoms with van der Waals surface area (Å²) in [7, 11) is 0. The zero-order valence-electron chi connectivity index (χ0n) is 17.2. The molecule has 8 heteroatoms. The van der Waals surface area contributed by atoms with Gasteiger partial charge in [-0.3, -0.25) is 10.1 Å². The zero-order chi connectivity index (χ0) is 21.1. The lowest BCUT2D eigenvalue weighted by molar-refractivity contribution is -0.384. The maximum Gasteiger partial charge on any atom is 0.294 e. The molecule has 3 rings (SSSR count). The second-order valence-electron chi connectivity index (χ2n) is 7.82. The molecule has 0 saturated carbocycles. The number of aryl methyl sites for hydroxylation is 1. The highest BCUT2D eigenvalue weighted by Crippen LogP contribution is 2.35. The van der Waals surface area contributed by atoms with E-state index in [9.17, 15) is 10.1 Å². The molecule has 2 aromatic rings. The third kappa shape index (κ3) is 4.64. The molecule has 0 unspecified atom stereocenters. The van der Waals surface area contributed by atoms with Crippen LogP contribution in [0.15, 0.2) is 36.4 Å². The van der Waals surface area contributed by atoms with Crippen LogP contribution >= 0.6 is 12.2 Å². The fourth-order valence-electron chi connectivity index (χ4n) is 3.76. The molecule has 2 atom stereocenters. The molecule has 1 aromatic heterocycles. The molecule has 0 aliphatic heterocycles. The minimum atomic E-state index is -0.369. The van der Waals surface area contributed by atoms with Gasteiger partial charge in [-0.1, -0.05) is 38.1 Å².